The number of ether oxygens (including phenoxy) is 1. The van der Waals surface area contributed by atoms with E-state index in [-0.39, 0.29) is 29.8 Å². The lowest BCUT2D eigenvalue weighted by Gasteiger charge is -2.02. The minimum absolute atomic E-state index is 0.0713. The third-order valence-corrected chi connectivity index (χ3v) is 6.00. The number of nitrogens with zero attached hydrogens (tertiary/aromatic N) is 2. The van der Waals surface area contributed by atoms with E-state index in [1.165, 1.54) is 41.9 Å². The summed E-state index contributed by atoms with van der Waals surface area (Å²) in [5.41, 5.74) is 1.63. The van der Waals surface area contributed by atoms with Gasteiger partial charge in [-0.05, 0) is 30.2 Å². The molecule has 6 nitrogen and oxygen atoms in total. The number of nitrogens with one attached hydrogen (secondary N) is 1. The molecule has 0 atom stereocenters. The summed E-state index contributed by atoms with van der Waals surface area (Å²) < 4.78 is 17.8. The largest absolute Gasteiger partial charge is 0.464 e. The predicted octanol–water partition coefficient (Wildman–Crippen LogP) is 4.50. The fourth-order valence-electron chi connectivity index (χ4n) is 2.46. The van der Waals surface area contributed by atoms with Crippen molar-refractivity contribution in [2.75, 3.05) is 12.4 Å². The normalized spacial score (nSPS) is 10.9. The first-order valence-corrected chi connectivity index (χ1v) is 10.2. The minimum atomic E-state index is -0.524. The molecule has 0 aliphatic carbocycles. The van der Waals surface area contributed by atoms with Crippen LogP contribution in [-0.2, 0) is 16.0 Å². The molecule has 3 aromatic rings. The van der Waals surface area contributed by atoms with Crippen LogP contribution in [0.2, 0.25) is 0 Å². The van der Waals surface area contributed by atoms with E-state index in [1.54, 1.807) is 17.5 Å². The second-order valence-electron chi connectivity index (χ2n) is 6.25. The molecular formula is C19H18FN3O3S2. The second kappa shape index (κ2) is 8.57. The van der Waals surface area contributed by atoms with E-state index in [9.17, 15) is 14.0 Å². The number of methoxy groups -OCH3 is 1. The zero-order valence-corrected chi connectivity index (χ0v) is 17.1. The van der Waals surface area contributed by atoms with Crippen molar-refractivity contribution in [3.63, 3.8) is 0 Å². The lowest BCUT2D eigenvalue weighted by molar-refractivity contribution is -0.115. The van der Waals surface area contributed by atoms with Crippen LogP contribution in [0.1, 0.15) is 40.8 Å². The van der Waals surface area contributed by atoms with Crippen LogP contribution >= 0.6 is 22.7 Å². The van der Waals surface area contributed by atoms with Crippen molar-refractivity contribution in [2.24, 2.45) is 0 Å². The Morgan fingerprint density at radius 1 is 1.21 bits per heavy atom. The van der Waals surface area contributed by atoms with Crippen LogP contribution in [0.4, 0.5) is 9.52 Å². The van der Waals surface area contributed by atoms with Gasteiger partial charge in [0.1, 0.15) is 10.8 Å². The van der Waals surface area contributed by atoms with Crippen molar-refractivity contribution in [3.05, 3.63) is 51.7 Å². The lowest BCUT2D eigenvalue weighted by atomic mass is 10.1. The van der Waals surface area contributed by atoms with Crippen molar-refractivity contribution in [3.8, 4) is 10.6 Å². The molecule has 0 bridgehead atoms. The van der Waals surface area contributed by atoms with E-state index in [0.29, 0.717) is 15.8 Å². The maximum Gasteiger partial charge on any atom is 0.357 e. The van der Waals surface area contributed by atoms with Crippen molar-refractivity contribution in [1.29, 1.82) is 0 Å². The zero-order valence-electron chi connectivity index (χ0n) is 15.5. The monoisotopic (exact) mass is 419 g/mol. The third kappa shape index (κ3) is 4.60. The third-order valence-electron chi connectivity index (χ3n) is 3.79. The average Bonchev–Trinajstić information content (AvgIpc) is 3.29. The Hall–Kier alpha value is -2.65. The molecule has 0 saturated carbocycles. The van der Waals surface area contributed by atoms with Crippen LogP contribution in [0, 0.1) is 5.82 Å². The number of hydrogen-bond donors (Lipinski definition) is 1. The average molecular weight is 420 g/mol. The molecule has 0 spiro atoms. The highest BCUT2D eigenvalue weighted by Gasteiger charge is 2.22. The van der Waals surface area contributed by atoms with Gasteiger partial charge < -0.3 is 10.1 Å². The highest BCUT2D eigenvalue weighted by atomic mass is 32.1. The van der Waals surface area contributed by atoms with Crippen LogP contribution in [-0.4, -0.2) is 29.0 Å². The van der Waals surface area contributed by atoms with Crippen LogP contribution < -0.4 is 5.32 Å². The standard InChI is InChI=1S/C19H18FN3O3S2/c1-10(2)16-15(18(25)26-3)23-19(28-16)22-14(24)8-13-9-27-17(21-13)11-4-6-12(20)7-5-11/h4-7,9-10H,8H2,1-3H3,(H,22,23,24). The highest BCUT2D eigenvalue weighted by Crippen LogP contribution is 2.30. The number of hydrogen-bond acceptors (Lipinski definition) is 7. The van der Waals surface area contributed by atoms with Gasteiger partial charge in [0, 0.05) is 15.8 Å². The lowest BCUT2D eigenvalue weighted by Crippen LogP contribution is -2.14. The van der Waals surface area contributed by atoms with Crippen molar-refractivity contribution in [1.82, 2.24) is 9.97 Å². The summed E-state index contributed by atoms with van der Waals surface area (Å²) in [4.78, 5) is 33.6. The van der Waals surface area contributed by atoms with Gasteiger partial charge in [0.05, 0.1) is 19.2 Å². The number of amides is 1. The minimum Gasteiger partial charge on any atom is -0.464 e. The number of benzene rings is 1. The van der Waals surface area contributed by atoms with Crippen LogP contribution in [0.3, 0.4) is 0 Å². The Morgan fingerprint density at radius 3 is 2.57 bits per heavy atom. The van der Waals surface area contributed by atoms with Gasteiger partial charge in [-0.1, -0.05) is 13.8 Å². The molecule has 28 heavy (non-hydrogen) atoms. The topological polar surface area (TPSA) is 81.2 Å². The van der Waals surface area contributed by atoms with Gasteiger partial charge in [-0.25, -0.2) is 19.2 Å². The molecule has 0 aliphatic heterocycles. The van der Waals surface area contributed by atoms with Gasteiger partial charge in [0.25, 0.3) is 0 Å². The van der Waals surface area contributed by atoms with Gasteiger partial charge in [-0.2, -0.15) is 0 Å². The molecule has 1 N–H and O–H groups in total. The van der Waals surface area contributed by atoms with E-state index < -0.39 is 5.97 Å². The number of thiazole rings is 2. The summed E-state index contributed by atoms with van der Waals surface area (Å²) in [6.07, 6.45) is 0.0713. The molecule has 0 unspecified atom stereocenters. The fraction of sp³-hybridized carbons (Fsp3) is 0.263. The molecule has 0 saturated heterocycles. The van der Waals surface area contributed by atoms with Crippen LogP contribution in [0.15, 0.2) is 29.6 Å². The fourth-order valence-corrected chi connectivity index (χ4v) is 4.26. The summed E-state index contributed by atoms with van der Waals surface area (Å²) in [6.45, 7) is 3.88. The molecule has 3 rings (SSSR count). The molecule has 0 aliphatic rings. The Bertz CT molecular complexity index is 996. The highest BCUT2D eigenvalue weighted by molar-refractivity contribution is 7.16. The number of anilines is 1. The molecule has 0 fully saturated rings. The van der Waals surface area contributed by atoms with E-state index in [2.05, 4.69) is 15.3 Å². The predicted molar refractivity (Wildman–Crippen MR) is 107 cm³/mol. The van der Waals surface area contributed by atoms with E-state index in [0.717, 1.165) is 10.4 Å². The smallest absolute Gasteiger partial charge is 0.357 e. The Balaban J connectivity index is 1.69. The van der Waals surface area contributed by atoms with Gasteiger partial charge >= 0.3 is 5.97 Å². The molecule has 2 aromatic heterocycles. The van der Waals surface area contributed by atoms with Gasteiger partial charge in [-0.15, -0.1) is 22.7 Å². The zero-order chi connectivity index (χ0) is 20.3. The number of esters is 1. The van der Waals surface area contributed by atoms with Crippen molar-refractivity contribution < 1.29 is 18.7 Å². The quantitative estimate of drug-likeness (QED) is 0.595. The maximum absolute atomic E-state index is 13.0. The first kappa shape index (κ1) is 20.1. The van der Waals surface area contributed by atoms with Gasteiger partial charge in [-0.3, -0.25) is 4.79 Å². The van der Waals surface area contributed by atoms with E-state index in [1.807, 2.05) is 13.8 Å². The first-order chi connectivity index (χ1) is 13.4. The summed E-state index contributed by atoms with van der Waals surface area (Å²) in [6, 6.07) is 6.04. The van der Waals surface area contributed by atoms with Crippen LogP contribution in [0.25, 0.3) is 10.6 Å². The number of aromatic nitrogens is 2. The van der Waals surface area contributed by atoms with Gasteiger partial charge in [0.2, 0.25) is 5.91 Å². The summed E-state index contributed by atoms with van der Waals surface area (Å²) in [5, 5.41) is 5.57. The second-order valence-corrected chi connectivity index (χ2v) is 8.14. The number of carbonyl (C=O) groups is 2. The number of carbonyl (C=O) groups excluding carboxylic acids is 2. The maximum atomic E-state index is 13.0. The number of halogens is 1. The molecule has 0 radical (unpaired) electrons. The van der Waals surface area contributed by atoms with Gasteiger partial charge in [0.15, 0.2) is 10.8 Å². The summed E-state index contributed by atoms with van der Waals surface area (Å²) in [7, 11) is 1.30. The summed E-state index contributed by atoms with van der Waals surface area (Å²) in [5.74, 6) is -1.04. The van der Waals surface area contributed by atoms with Crippen molar-refractivity contribution >= 4 is 39.7 Å². The Kier molecular flexibility index (Phi) is 6.15. The Morgan fingerprint density at radius 2 is 1.93 bits per heavy atom. The molecular weight excluding hydrogens is 401 g/mol. The molecule has 146 valence electrons. The molecule has 9 heteroatoms. The molecule has 1 aromatic carbocycles. The first-order valence-electron chi connectivity index (χ1n) is 8.46. The van der Waals surface area contributed by atoms with E-state index in [4.69, 9.17) is 4.74 Å². The SMILES string of the molecule is COC(=O)c1nc(NC(=O)Cc2csc(-c3ccc(F)cc3)n2)sc1C(C)C. The van der Waals surface area contributed by atoms with Crippen LogP contribution in [0.5, 0.6) is 0 Å². The molecule has 2 heterocycles. The number of rotatable bonds is 6. The van der Waals surface area contributed by atoms with Crippen molar-refractivity contribution in [2.45, 2.75) is 26.2 Å². The summed E-state index contributed by atoms with van der Waals surface area (Å²) >= 11 is 2.64. The Labute approximate surface area is 169 Å². The van der Waals surface area contributed by atoms with E-state index >= 15 is 0 Å². The molecule has 1 amide bonds.